The van der Waals surface area contributed by atoms with E-state index in [1.165, 1.54) is 16.9 Å². The van der Waals surface area contributed by atoms with Gasteiger partial charge in [0.05, 0.1) is 20.3 Å². The number of nitrogens with zero attached hydrogens (tertiary/aromatic N) is 3. The van der Waals surface area contributed by atoms with Crippen molar-refractivity contribution in [2.24, 2.45) is 4.74 Å². The number of benzene rings is 2. The Hall–Kier alpha value is -2.50. The van der Waals surface area contributed by atoms with Crippen molar-refractivity contribution in [2.75, 3.05) is 45.4 Å². The number of hydrogen-bond acceptors (Lipinski definition) is 5. The lowest BCUT2D eigenvalue weighted by molar-refractivity contribution is 0.0747. The minimum Gasteiger partial charge on any atom is -0.494 e. The standard InChI is InChI=1S/C28H33ClN3O3P/c1-20-10-13-27(35-20)36(32-14-16-34-17-15-32,30-23-18-21(29)11-12-25(23)33-5)19-26-28(2,3)22-8-6-7-9-24(22)31(26)4/h6-13,18-19H,14-17H2,1-5H3/b26-19+. The van der Waals surface area contributed by atoms with Gasteiger partial charge in [-0.05, 0) is 54.7 Å². The molecule has 0 N–H and O–H groups in total. The Bertz CT molecular complexity index is 1360. The second kappa shape index (κ2) is 9.75. The van der Waals surface area contributed by atoms with Gasteiger partial charge in [-0.3, -0.25) is 4.67 Å². The topological polar surface area (TPSA) is 50.4 Å². The van der Waals surface area contributed by atoms with Crippen LogP contribution in [-0.2, 0) is 10.2 Å². The summed E-state index contributed by atoms with van der Waals surface area (Å²) in [5.41, 5.74) is 5.07. The van der Waals surface area contributed by atoms with E-state index >= 15 is 0 Å². The van der Waals surface area contributed by atoms with Crippen molar-refractivity contribution in [2.45, 2.75) is 26.2 Å². The largest absolute Gasteiger partial charge is 0.494 e. The quantitative estimate of drug-likeness (QED) is 0.338. The summed E-state index contributed by atoms with van der Waals surface area (Å²) in [4.78, 5) is 2.30. The van der Waals surface area contributed by atoms with E-state index in [4.69, 9.17) is 30.2 Å². The van der Waals surface area contributed by atoms with Crippen LogP contribution in [-0.4, -0.2) is 45.1 Å². The zero-order valence-corrected chi connectivity index (χ0v) is 23.1. The number of para-hydroxylation sites is 1. The molecule has 6 nitrogen and oxygen atoms in total. The summed E-state index contributed by atoms with van der Waals surface area (Å²) < 4.78 is 25.9. The highest BCUT2D eigenvalue weighted by atomic mass is 35.5. The summed E-state index contributed by atoms with van der Waals surface area (Å²) in [5.74, 6) is 3.91. The smallest absolute Gasteiger partial charge is 0.160 e. The van der Waals surface area contributed by atoms with Gasteiger partial charge in [0.2, 0.25) is 0 Å². The number of halogens is 1. The molecule has 0 radical (unpaired) electrons. The Kier molecular flexibility index (Phi) is 6.82. The van der Waals surface area contributed by atoms with E-state index in [2.05, 4.69) is 66.6 Å². The fraction of sp³-hybridized carbons (Fsp3) is 0.357. The first-order chi connectivity index (χ1) is 17.3. The summed E-state index contributed by atoms with van der Waals surface area (Å²) in [6.07, 6.45) is 0. The number of methoxy groups -OCH3 is 1. The SMILES string of the molecule is COc1ccc(Cl)cc1N=P(/C=C1/N(C)c2ccccc2C1(C)C)(c1ccc(C)o1)N1CCOCC1. The van der Waals surface area contributed by atoms with Crippen LogP contribution in [0.1, 0.15) is 25.2 Å². The number of hydrogen-bond donors (Lipinski definition) is 0. The zero-order chi connectivity index (χ0) is 25.5. The molecular formula is C28H33ClN3O3P. The number of morpholine rings is 1. The number of allylic oxidation sites excluding steroid dienone is 1. The van der Waals surface area contributed by atoms with Gasteiger partial charge >= 0.3 is 0 Å². The zero-order valence-electron chi connectivity index (χ0n) is 21.5. The fourth-order valence-corrected chi connectivity index (χ4v) is 8.87. The lowest BCUT2D eigenvalue weighted by Gasteiger charge is -2.37. The molecule has 0 amide bonds. The van der Waals surface area contributed by atoms with Gasteiger partial charge in [-0.2, -0.15) is 0 Å². The molecular weight excluding hydrogens is 493 g/mol. The van der Waals surface area contributed by atoms with E-state index in [-0.39, 0.29) is 5.41 Å². The van der Waals surface area contributed by atoms with Crippen molar-refractivity contribution in [3.63, 3.8) is 0 Å². The molecule has 5 rings (SSSR count). The van der Waals surface area contributed by atoms with Gasteiger partial charge in [-0.25, -0.2) is 4.74 Å². The Morgan fingerprint density at radius 1 is 1.08 bits per heavy atom. The molecule has 1 saturated heterocycles. The van der Waals surface area contributed by atoms with Crippen molar-refractivity contribution in [1.82, 2.24) is 4.67 Å². The molecule has 1 unspecified atom stereocenters. The second-order valence-corrected chi connectivity index (χ2v) is 12.9. The predicted octanol–water partition coefficient (Wildman–Crippen LogP) is 6.92. The van der Waals surface area contributed by atoms with E-state index in [1.54, 1.807) is 7.11 Å². The molecule has 3 aromatic rings. The molecule has 8 heteroatoms. The third-order valence-electron chi connectivity index (χ3n) is 7.11. The van der Waals surface area contributed by atoms with Gasteiger partial charge in [-0.1, -0.05) is 43.6 Å². The number of rotatable bonds is 5. The highest BCUT2D eigenvalue weighted by molar-refractivity contribution is 7.74. The molecule has 0 saturated carbocycles. The lowest BCUT2D eigenvalue weighted by Crippen LogP contribution is -2.36. The van der Waals surface area contributed by atoms with Crippen molar-refractivity contribution in [3.8, 4) is 5.75 Å². The first kappa shape index (κ1) is 25.2. The van der Waals surface area contributed by atoms with Crippen molar-refractivity contribution < 1.29 is 13.9 Å². The first-order valence-electron chi connectivity index (χ1n) is 12.2. The average molecular weight is 526 g/mol. The summed E-state index contributed by atoms with van der Waals surface area (Å²) in [6, 6.07) is 18.3. The Balaban J connectivity index is 1.84. The maximum Gasteiger partial charge on any atom is 0.160 e. The molecule has 2 aromatic carbocycles. The Morgan fingerprint density at radius 3 is 2.50 bits per heavy atom. The van der Waals surface area contributed by atoms with Gasteiger partial charge in [0, 0.05) is 42.0 Å². The van der Waals surface area contributed by atoms with Crippen LogP contribution in [0, 0.1) is 6.92 Å². The summed E-state index contributed by atoms with van der Waals surface area (Å²) in [6.45, 7) is 9.33. The third-order valence-corrected chi connectivity index (χ3v) is 10.6. The van der Waals surface area contributed by atoms with Crippen molar-refractivity contribution in [1.29, 1.82) is 0 Å². The molecule has 2 aliphatic rings. The minimum absolute atomic E-state index is 0.210. The van der Waals surface area contributed by atoms with Crippen LogP contribution < -0.4 is 15.1 Å². The van der Waals surface area contributed by atoms with Crippen LogP contribution in [0.4, 0.5) is 11.4 Å². The summed E-state index contributed by atoms with van der Waals surface area (Å²) in [5, 5.41) is 0.614. The summed E-state index contributed by atoms with van der Waals surface area (Å²) >= 11 is 6.45. The molecule has 1 atom stereocenters. The van der Waals surface area contributed by atoms with Gasteiger partial charge in [0.25, 0.3) is 0 Å². The number of anilines is 1. The van der Waals surface area contributed by atoms with E-state index in [0.29, 0.717) is 29.7 Å². The number of fused-ring (bicyclic) bond motifs is 1. The Morgan fingerprint density at radius 2 is 1.83 bits per heavy atom. The monoisotopic (exact) mass is 525 g/mol. The average Bonchev–Trinajstić information content (AvgIpc) is 3.40. The summed E-state index contributed by atoms with van der Waals surface area (Å²) in [7, 11) is 1.19. The Labute approximate surface area is 218 Å². The molecule has 0 spiro atoms. The number of furan rings is 1. The molecule has 190 valence electrons. The highest BCUT2D eigenvalue weighted by Crippen LogP contribution is 2.61. The van der Waals surface area contributed by atoms with Crippen LogP contribution in [0.15, 0.2) is 75.3 Å². The molecule has 0 aliphatic carbocycles. The molecule has 3 heterocycles. The van der Waals surface area contributed by atoms with Gasteiger partial charge in [-0.15, -0.1) is 0 Å². The molecule has 1 aromatic heterocycles. The molecule has 1 fully saturated rings. The van der Waals surface area contributed by atoms with E-state index in [0.717, 1.165) is 24.4 Å². The van der Waals surface area contributed by atoms with Crippen LogP contribution >= 0.6 is 18.8 Å². The molecule has 2 aliphatic heterocycles. The number of ether oxygens (including phenoxy) is 2. The number of likely N-dealkylation sites (N-methyl/N-ethyl adjacent to an activating group) is 1. The predicted molar refractivity (Wildman–Crippen MR) is 148 cm³/mol. The normalized spacial score (nSPS) is 20.3. The fourth-order valence-electron chi connectivity index (χ4n) is 5.19. The van der Waals surface area contributed by atoms with E-state index < -0.39 is 7.21 Å². The van der Waals surface area contributed by atoms with Crippen molar-refractivity contribution >= 4 is 35.7 Å². The van der Waals surface area contributed by atoms with Crippen LogP contribution in [0.2, 0.25) is 5.02 Å². The second-order valence-electron chi connectivity index (χ2n) is 9.73. The highest BCUT2D eigenvalue weighted by Gasteiger charge is 2.42. The van der Waals surface area contributed by atoms with Crippen LogP contribution in [0.3, 0.4) is 0 Å². The minimum atomic E-state index is -2.61. The van der Waals surface area contributed by atoms with E-state index in [1.807, 2.05) is 31.2 Å². The third kappa shape index (κ3) is 4.31. The van der Waals surface area contributed by atoms with Gasteiger partial charge in [0.1, 0.15) is 24.4 Å². The van der Waals surface area contributed by atoms with Gasteiger partial charge < -0.3 is 18.8 Å². The maximum absolute atomic E-state index is 6.45. The van der Waals surface area contributed by atoms with E-state index in [9.17, 15) is 0 Å². The first-order valence-corrected chi connectivity index (χ1v) is 14.3. The lowest BCUT2D eigenvalue weighted by atomic mass is 9.84. The molecule has 36 heavy (non-hydrogen) atoms. The van der Waals surface area contributed by atoms with Gasteiger partial charge in [0.15, 0.2) is 5.50 Å². The number of aryl methyl sites for hydroxylation is 1. The van der Waals surface area contributed by atoms with Crippen molar-refractivity contribution in [3.05, 3.63) is 82.5 Å². The molecule has 0 bridgehead atoms. The van der Waals surface area contributed by atoms with Crippen LogP contribution in [0.5, 0.6) is 5.75 Å². The maximum atomic E-state index is 6.45. The van der Waals surface area contributed by atoms with Crippen LogP contribution in [0.25, 0.3) is 0 Å².